The SMILES string of the molecule is CC1(C)O[C@@H]2[C@@](C)(O)C(=O)OC[C@]2(C)O1. The predicted octanol–water partition coefficient (Wildman–Crippen LogP) is 0.204. The van der Waals surface area contributed by atoms with E-state index in [0.717, 1.165) is 0 Å². The van der Waals surface area contributed by atoms with Gasteiger partial charge in [-0.25, -0.2) is 4.79 Å². The van der Waals surface area contributed by atoms with Crippen molar-refractivity contribution in [3.63, 3.8) is 0 Å². The van der Waals surface area contributed by atoms with E-state index < -0.39 is 29.1 Å². The van der Waals surface area contributed by atoms with Crippen LogP contribution in [0.4, 0.5) is 0 Å². The van der Waals surface area contributed by atoms with Gasteiger partial charge in [0.05, 0.1) is 0 Å². The molecule has 0 aromatic rings. The van der Waals surface area contributed by atoms with Crippen molar-refractivity contribution in [3.8, 4) is 0 Å². The molecule has 0 aromatic heterocycles. The topological polar surface area (TPSA) is 65.0 Å². The minimum absolute atomic E-state index is 0.107. The molecule has 2 rings (SSSR count). The highest BCUT2D eigenvalue weighted by Crippen LogP contribution is 2.44. The van der Waals surface area contributed by atoms with Crippen LogP contribution in [0, 0.1) is 0 Å². The van der Waals surface area contributed by atoms with Gasteiger partial charge < -0.3 is 19.3 Å². The van der Waals surface area contributed by atoms with E-state index in [2.05, 4.69) is 0 Å². The van der Waals surface area contributed by atoms with Crippen LogP contribution in [0.2, 0.25) is 0 Å². The molecule has 15 heavy (non-hydrogen) atoms. The second kappa shape index (κ2) is 2.72. The zero-order valence-electron chi connectivity index (χ0n) is 9.36. The first-order valence-electron chi connectivity index (χ1n) is 4.95. The number of hydrogen-bond acceptors (Lipinski definition) is 5. The average Bonchev–Trinajstić information content (AvgIpc) is 2.32. The van der Waals surface area contributed by atoms with Gasteiger partial charge in [-0.05, 0) is 27.7 Å². The fourth-order valence-electron chi connectivity index (χ4n) is 2.32. The smallest absolute Gasteiger partial charge is 0.340 e. The van der Waals surface area contributed by atoms with E-state index >= 15 is 0 Å². The summed E-state index contributed by atoms with van der Waals surface area (Å²) in [7, 11) is 0. The Labute approximate surface area is 88.3 Å². The van der Waals surface area contributed by atoms with Gasteiger partial charge in [-0.2, -0.15) is 0 Å². The van der Waals surface area contributed by atoms with Gasteiger partial charge in [-0.1, -0.05) is 0 Å². The molecule has 3 atom stereocenters. The Morgan fingerprint density at radius 3 is 2.53 bits per heavy atom. The van der Waals surface area contributed by atoms with E-state index in [1.54, 1.807) is 20.8 Å². The summed E-state index contributed by atoms with van der Waals surface area (Å²) in [5.74, 6) is -1.47. The van der Waals surface area contributed by atoms with Crippen LogP contribution < -0.4 is 0 Å². The standard InChI is InChI=1S/C10H16O5/c1-8(2)14-6-9(3,15-8)5-13-7(11)10(6,4)12/h6,12H,5H2,1-4H3/t6-,9-,10+/m0/s1. The molecule has 0 aromatic carbocycles. The molecule has 5 nitrogen and oxygen atoms in total. The number of ether oxygens (including phenoxy) is 3. The number of carbonyl (C=O) groups is 1. The van der Waals surface area contributed by atoms with Crippen LogP contribution in [0.15, 0.2) is 0 Å². The zero-order valence-corrected chi connectivity index (χ0v) is 9.36. The lowest BCUT2D eigenvalue weighted by Gasteiger charge is -2.40. The van der Waals surface area contributed by atoms with Gasteiger partial charge in [-0.3, -0.25) is 0 Å². The van der Waals surface area contributed by atoms with E-state index in [-0.39, 0.29) is 6.61 Å². The number of aliphatic hydroxyl groups is 1. The van der Waals surface area contributed by atoms with Crippen molar-refractivity contribution in [1.29, 1.82) is 0 Å². The maximum Gasteiger partial charge on any atom is 0.340 e. The fourth-order valence-corrected chi connectivity index (χ4v) is 2.32. The third-order valence-corrected chi connectivity index (χ3v) is 2.85. The molecule has 0 saturated carbocycles. The van der Waals surface area contributed by atoms with Crippen molar-refractivity contribution in [2.75, 3.05) is 6.61 Å². The molecule has 2 saturated heterocycles. The molecule has 0 aliphatic carbocycles. The molecular weight excluding hydrogens is 200 g/mol. The van der Waals surface area contributed by atoms with E-state index in [1.807, 2.05) is 0 Å². The molecule has 0 spiro atoms. The van der Waals surface area contributed by atoms with E-state index in [4.69, 9.17) is 14.2 Å². The van der Waals surface area contributed by atoms with Crippen molar-refractivity contribution < 1.29 is 24.1 Å². The highest BCUT2D eigenvalue weighted by molar-refractivity contribution is 5.81. The first-order valence-corrected chi connectivity index (χ1v) is 4.95. The van der Waals surface area contributed by atoms with Gasteiger partial charge in [0.1, 0.15) is 18.3 Å². The summed E-state index contributed by atoms with van der Waals surface area (Å²) >= 11 is 0. The zero-order chi connectivity index (χ0) is 11.5. The number of cyclic esters (lactones) is 1. The largest absolute Gasteiger partial charge is 0.460 e. The van der Waals surface area contributed by atoms with E-state index in [0.29, 0.717) is 0 Å². The van der Waals surface area contributed by atoms with Crippen LogP contribution in [0.3, 0.4) is 0 Å². The molecule has 1 N–H and O–H groups in total. The number of rotatable bonds is 0. The van der Waals surface area contributed by atoms with Crippen molar-refractivity contribution in [1.82, 2.24) is 0 Å². The third kappa shape index (κ3) is 1.46. The van der Waals surface area contributed by atoms with Crippen molar-refractivity contribution >= 4 is 5.97 Å². The Bertz CT molecular complexity index is 309. The maximum absolute atomic E-state index is 11.4. The molecule has 2 aliphatic rings. The monoisotopic (exact) mass is 216 g/mol. The Morgan fingerprint density at radius 1 is 1.33 bits per heavy atom. The molecule has 0 unspecified atom stereocenters. The van der Waals surface area contributed by atoms with Gasteiger partial charge in [0.15, 0.2) is 11.4 Å². The second-order valence-electron chi connectivity index (χ2n) is 5.04. The predicted molar refractivity (Wildman–Crippen MR) is 50.0 cm³/mol. The van der Waals surface area contributed by atoms with Crippen LogP contribution in [-0.4, -0.2) is 40.8 Å². The number of hydrogen-bond donors (Lipinski definition) is 1. The van der Waals surface area contributed by atoms with Crippen molar-refractivity contribution in [2.45, 2.75) is 50.8 Å². The van der Waals surface area contributed by atoms with Gasteiger partial charge >= 0.3 is 5.97 Å². The lowest BCUT2D eigenvalue weighted by atomic mass is 9.84. The summed E-state index contributed by atoms with van der Waals surface area (Å²) in [5.41, 5.74) is -2.43. The average molecular weight is 216 g/mol. The summed E-state index contributed by atoms with van der Waals surface area (Å²) in [6.07, 6.45) is -0.693. The summed E-state index contributed by atoms with van der Waals surface area (Å²) < 4.78 is 16.1. The molecule has 2 aliphatic heterocycles. The summed E-state index contributed by atoms with van der Waals surface area (Å²) in [4.78, 5) is 11.4. The summed E-state index contributed by atoms with van der Waals surface area (Å²) in [5, 5.41) is 10.0. The quantitative estimate of drug-likeness (QED) is 0.586. The highest BCUT2D eigenvalue weighted by Gasteiger charge is 2.63. The number of carbonyl (C=O) groups excluding carboxylic acids is 1. The van der Waals surface area contributed by atoms with Crippen LogP contribution in [0.1, 0.15) is 27.7 Å². The minimum atomic E-state index is -1.65. The molecule has 0 amide bonds. The Morgan fingerprint density at radius 2 is 1.93 bits per heavy atom. The minimum Gasteiger partial charge on any atom is -0.460 e. The van der Waals surface area contributed by atoms with Crippen LogP contribution in [-0.2, 0) is 19.0 Å². The molecule has 86 valence electrons. The number of esters is 1. The van der Waals surface area contributed by atoms with Gasteiger partial charge in [0.25, 0.3) is 0 Å². The molecular formula is C10H16O5. The van der Waals surface area contributed by atoms with Gasteiger partial charge in [0, 0.05) is 0 Å². The maximum atomic E-state index is 11.4. The summed E-state index contributed by atoms with van der Waals surface area (Å²) in [6.45, 7) is 6.76. The Balaban J connectivity index is 2.37. The van der Waals surface area contributed by atoms with Gasteiger partial charge in [0.2, 0.25) is 0 Å². The van der Waals surface area contributed by atoms with E-state index in [1.165, 1.54) is 6.92 Å². The van der Waals surface area contributed by atoms with Gasteiger partial charge in [-0.15, -0.1) is 0 Å². The van der Waals surface area contributed by atoms with Crippen LogP contribution in [0.5, 0.6) is 0 Å². The van der Waals surface area contributed by atoms with Crippen LogP contribution >= 0.6 is 0 Å². The first kappa shape index (κ1) is 10.9. The third-order valence-electron chi connectivity index (χ3n) is 2.85. The molecule has 0 bridgehead atoms. The molecule has 0 radical (unpaired) electrons. The normalized spacial score (nSPS) is 48.6. The lowest BCUT2D eigenvalue weighted by Crippen LogP contribution is -2.63. The highest BCUT2D eigenvalue weighted by atomic mass is 16.8. The first-order chi connectivity index (χ1) is 6.67. The Hall–Kier alpha value is -0.650. The van der Waals surface area contributed by atoms with E-state index in [9.17, 15) is 9.90 Å². The lowest BCUT2D eigenvalue weighted by molar-refractivity contribution is -0.205. The van der Waals surface area contributed by atoms with Crippen molar-refractivity contribution in [3.05, 3.63) is 0 Å². The fraction of sp³-hybridized carbons (Fsp3) is 0.900. The van der Waals surface area contributed by atoms with Crippen LogP contribution in [0.25, 0.3) is 0 Å². The molecule has 2 heterocycles. The second-order valence-corrected chi connectivity index (χ2v) is 5.04. The Kier molecular flexibility index (Phi) is 1.97. The van der Waals surface area contributed by atoms with Crippen molar-refractivity contribution in [2.24, 2.45) is 0 Å². The molecule has 2 fully saturated rings. The molecule has 5 heteroatoms. The number of fused-ring (bicyclic) bond motifs is 1. The summed E-state index contributed by atoms with van der Waals surface area (Å²) in [6, 6.07) is 0.